The first-order chi connectivity index (χ1) is 11.4. The molecule has 1 N–H and O–H groups in total. The monoisotopic (exact) mass is 330 g/mol. The molecule has 6 nitrogen and oxygen atoms in total. The molecule has 0 aliphatic carbocycles. The standard InChI is InChI=1S/C18H26N4O2/c1-13-7-4-8-14(19-13)15-9-5-10-21(15)11-6-12-22-16(23)18(2,3)20-17(22)24/h4,7-8,15H,5-6,9-12H2,1-3H3,(H,20,24). The molecule has 1 aromatic rings. The van der Waals surface area contributed by atoms with Crippen LogP contribution >= 0.6 is 0 Å². The summed E-state index contributed by atoms with van der Waals surface area (Å²) in [5.74, 6) is -0.133. The number of nitrogens with one attached hydrogen (secondary N) is 1. The van der Waals surface area contributed by atoms with Gasteiger partial charge in [-0.3, -0.25) is 19.6 Å². The normalized spacial score (nSPS) is 23.8. The van der Waals surface area contributed by atoms with Gasteiger partial charge < -0.3 is 5.32 Å². The van der Waals surface area contributed by atoms with Crippen LogP contribution in [0.5, 0.6) is 0 Å². The lowest BCUT2D eigenvalue weighted by molar-refractivity contribution is -0.130. The zero-order valence-electron chi connectivity index (χ0n) is 14.7. The first-order valence-electron chi connectivity index (χ1n) is 8.70. The molecule has 2 aliphatic heterocycles. The molecular formula is C18H26N4O2. The van der Waals surface area contributed by atoms with E-state index in [1.54, 1.807) is 13.8 Å². The number of likely N-dealkylation sites (tertiary alicyclic amines) is 1. The molecule has 3 amide bonds. The molecule has 1 unspecified atom stereocenters. The van der Waals surface area contributed by atoms with Gasteiger partial charge in [0.15, 0.2) is 0 Å². The third kappa shape index (κ3) is 3.29. The van der Waals surface area contributed by atoms with Crippen LogP contribution in [0, 0.1) is 6.92 Å². The van der Waals surface area contributed by atoms with E-state index in [9.17, 15) is 9.59 Å². The maximum absolute atomic E-state index is 12.2. The van der Waals surface area contributed by atoms with Crippen molar-refractivity contribution in [3.63, 3.8) is 0 Å². The van der Waals surface area contributed by atoms with E-state index < -0.39 is 5.54 Å². The number of pyridine rings is 1. The average Bonchev–Trinajstić information content (AvgIpc) is 3.05. The van der Waals surface area contributed by atoms with E-state index in [0.717, 1.165) is 43.7 Å². The van der Waals surface area contributed by atoms with Crippen molar-refractivity contribution in [1.82, 2.24) is 20.1 Å². The van der Waals surface area contributed by atoms with Crippen LogP contribution < -0.4 is 5.32 Å². The molecule has 2 aliphatic rings. The summed E-state index contributed by atoms with van der Waals surface area (Å²) in [5, 5.41) is 2.73. The molecule has 6 heteroatoms. The summed E-state index contributed by atoms with van der Waals surface area (Å²) >= 11 is 0. The van der Waals surface area contributed by atoms with Gasteiger partial charge in [0.25, 0.3) is 5.91 Å². The summed E-state index contributed by atoms with van der Waals surface area (Å²) in [6.07, 6.45) is 3.07. The fraction of sp³-hybridized carbons (Fsp3) is 0.611. The number of hydrogen-bond acceptors (Lipinski definition) is 4. The van der Waals surface area contributed by atoms with Gasteiger partial charge in [-0.1, -0.05) is 6.07 Å². The van der Waals surface area contributed by atoms with Gasteiger partial charge in [0, 0.05) is 18.8 Å². The van der Waals surface area contributed by atoms with Crippen LogP contribution in [0.25, 0.3) is 0 Å². The number of hydrogen-bond donors (Lipinski definition) is 1. The first-order valence-corrected chi connectivity index (χ1v) is 8.70. The third-order valence-electron chi connectivity index (χ3n) is 4.89. The lowest BCUT2D eigenvalue weighted by Gasteiger charge is -2.25. The SMILES string of the molecule is Cc1cccc(C2CCCN2CCCN2C(=O)NC(C)(C)C2=O)n1. The van der Waals surface area contributed by atoms with Crippen LogP contribution in [0.1, 0.15) is 50.5 Å². The summed E-state index contributed by atoms with van der Waals surface area (Å²) in [6, 6.07) is 6.24. The molecule has 0 bridgehead atoms. The average molecular weight is 330 g/mol. The number of aromatic nitrogens is 1. The lowest BCUT2D eigenvalue weighted by Crippen LogP contribution is -2.40. The van der Waals surface area contributed by atoms with Crippen LogP contribution in [0.15, 0.2) is 18.2 Å². The molecule has 1 atom stereocenters. The predicted molar refractivity (Wildman–Crippen MR) is 91.5 cm³/mol. The van der Waals surface area contributed by atoms with Gasteiger partial charge in [0.1, 0.15) is 5.54 Å². The van der Waals surface area contributed by atoms with Gasteiger partial charge in [-0.2, -0.15) is 0 Å². The Labute approximate surface area is 143 Å². The Hall–Kier alpha value is -1.95. The van der Waals surface area contributed by atoms with Crippen molar-refractivity contribution in [3.8, 4) is 0 Å². The second kappa shape index (κ2) is 6.51. The highest BCUT2D eigenvalue weighted by Crippen LogP contribution is 2.31. The lowest BCUT2D eigenvalue weighted by atomic mass is 10.1. The van der Waals surface area contributed by atoms with Crippen molar-refractivity contribution >= 4 is 11.9 Å². The number of urea groups is 1. The summed E-state index contributed by atoms with van der Waals surface area (Å²) in [6.45, 7) is 7.89. The van der Waals surface area contributed by atoms with Crippen molar-refractivity contribution < 1.29 is 9.59 Å². The summed E-state index contributed by atoms with van der Waals surface area (Å²) in [5.41, 5.74) is 1.39. The zero-order chi connectivity index (χ0) is 17.3. The molecule has 130 valence electrons. The minimum Gasteiger partial charge on any atom is -0.324 e. The highest BCUT2D eigenvalue weighted by atomic mass is 16.2. The number of aryl methyl sites for hydroxylation is 1. The molecule has 2 fully saturated rings. The zero-order valence-corrected chi connectivity index (χ0v) is 14.7. The second-order valence-corrected chi connectivity index (χ2v) is 7.26. The van der Waals surface area contributed by atoms with Gasteiger partial charge in [-0.05, 0) is 58.7 Å². The molecule has 0 spiro atoms. The van der Waals surface area contributed by atoms with Gasteiger partial charge in [0.2, 0.25) is 0 Å². The molecular weight excluding hydrogens is 304 g/mol. The summed E-state index contributed by atoms with van der Waals surface area (Å²) < 4.78 is 0. The number of rotatable bonds is 5. The van der Waals surface area contributed by atoms with Gasteiger partial charge >= 0.3 is 6.03 Å². The van der Waals surface area contributed by atoms with Crippen LogP contribution in [-0.4, -0.2) is 51.9 Å². The topological polar surface area (TPSA) is 65.5 Å². The molecule has 0 radical (unpaired) electrons. The second-order valence-electron chi connectivity index (χ2n) is 7.26. The molecule has 3 rings (SSSR count). The number of carbonyl (C=O) groups excluding carboxylic acids is 2. The minimum absolute atomic E-state index is 0.133. The highest BCUT2D eigenvalue weighted by molar-refractivity contribution is 6.06. The van der Waals surface area contributed by atoms with Crippen LogP contribution in [0.3, 0.4) is 0 Å². The Balaban J connectivity index is 1.57. The number of carbonyl (C=O) groups is 2. The van der Waals surface area contributed by atoms with Gasteiger partial charge in [0.05, 0.1) is 11.7 Å². The number of imide groups is 1. The summed E-state index contributed by atoms with van der Waals surface area (Å²) in [4.78, 5) is 32.6. The number of amides is 3. The van der Waals surface area contributed by atoms with Crippen LogP contribution in [-0.2, 0) is 4.79 Å². The Morgan fingerprint density at radius 3 is 2.75 bits per heavy atom. The first kappa shape index (κ1) is 16.9. The van der Waals surface area contributed by atoms with E-state index >= 15 is 0 Å². The Kier molecular flexibility index (Phi) is 4.58. The Morgan fingerprint density at radius 2 is 2.08 bits per heavy atom. The quantitative estimate of drug-likeness (QED) is 0.841. The smallest absolute Gasteiger partial charge is 0.324 e. The van der Waals surface area contributed by atoms with Crippen LogP contribution in [0.4, 0.5) is 4.79 Å². The Bertz CT molecular complexity index is 644. The van der Waals surface area contributed by atoms with E-state index in [1.807, 2.05) is 13.0 Å². The van der Waals surface area contributed by atoms with Gasteiger partial charge in [-0.25, -0.2) is 4.79 Å². The van der Waals surface area contributed by atoms with E-state index in [2.05, 4.69) is 27.3 Å². The maximum atomic E-state index is 12.2. The largest absolute Gasteiger partial charge is 0.325 e. The van der Waals surface area contributed by atoms with Crippen LogP contribution in [0.2, 0.25) is 0 Å². The van der Waals surface area contributed by atoms with E-state index in [-0.39, 0.29) is 11.9 Å². The van der Waals surface area contributed by atoms with E-state index in [4.69, 9.17) is 0 Å². The fourth-order valence-corrected chi connectivity index (χ4v) is 3.63. The third-order valence-corrected chi connectivity index (χ3v) is 4.89. The molecule has 1 aromatic heterocycles. The highest BCUT2D eigenvalue weighted by Gasteiger charge is 2.43. The molecule has 0 saturated carbocycles. The van der Waals surface area contributed by atoms with Gasteiger partial charge in [-0.15, -0.1) is 0 Å². The van der Waals surface area contributed by atoms with Crippen molar-refractivity contribution in [2.75, 3.05) is 19.6 Å². The summed E-state index contributed by atoms with van der Waals surface area (Å²) in [7, 11) is 0. The molecule has 3 heterocycles. The minimum atomic E-state index is -0.779. The number of nitrogens with zero attached hydrogens (tertiary/aromatic N) is 3. The van der Waals surface area contributed by atoms with Crippen molar-refractivity contribution in [1.29, 1.82) is 0 Å². The van der Waals surface area contributed by atoms with Crippen molar-refractivity contribution in [2.24, 2.45) is 0 Å². The van der Waals surface area contributed by atoms with E-state index in [1.165, 1.54) is 4.90 Å². The van der Waals surface area contributed by atoms with E-state index in [0.29, 0.717) is 12.6 Å². The maximum Gasteiger partial charge on any atom is 0.325 e. The molecule has 2 saturated heterocycles. The van der Waals surface area contributed by atoms with Crippen molar-refractivity contribution in [2.45, 2.75) is 51.6 Å². The molecule has 0 aromatic carbocycles. The predicted octanol–water partition coefficient (Wildman–Crippen LogP) is 2.25. The Morgan fingerprint density at radius 1 is 1.29 bits per heavy atom. The van der Waals surface area contributed by atoms with Crippen molar-refractivity contribution in [3.05, 3.63) is 29.6 Å². The molecule has 24 heavy (non-hydrogen) atoms. The fourth-order valence-electron chi connectivity index (χ4n) is 3.63.